The van der Waals surface area contributed by atoms with Crippen molar-refractivity contribution < 1.29 is 33.2 Å². The molecule has 2 fully saturated rings. The molecule has 2 N–H and O–H groups in total. The van der Waals surface area contributed by atoms with Crippen LogP contribution < -0.4 is 10.6 Å². The number of hydrogen-bond acceptors (Lipinski definition) is 10. The highest BCUT2D eigenvalue weighted by molar-refractivity contribution is 5.99. The van der Waals surface area contributed by atoms with Crippen molar-refractivity contribution in [1.82, 2.24) is 25.7 Å². The van der Waals surface area contributed by atoms with Gasteiger partial charge in [0.25, 0.3) is 5.91 Å². The second-order valence-electron chi connectivity index (χ2n) is 13.3. The topological polar surface area (TPSA) is 156 Å². The number of carbonyl (C=O) groups is 4. The van der Waals surface area contributed by atoms with Gasteiger partial charge in [-0.1, -0.05) is 55.4 Å². The van der Waals surface area contributed by atoms with Gasteiger partial charge in [0.15, 0.2) is 23.0 Å². The van der Waals surface area contributed by atoms with E-state index in [1.54, 1.807) is 31.5 Å². The van der Waals surface area contributed by atoms with Crippen LogP contribution in [0, 0.1) is 11.8 Å². The average molecular weight is 660 g/mol. The van der Waals surface area contributed by atoms with Crippen molar-refractivity contribution in [3.63, 3.8) is 0 Å². The SMILES string of the molecule is CC(C)C[C@H](NC(=O)[C@@H](CC(=O)[C@H](Cc1cccnc1)NC(=O)c1cc(CN2CCOCC2)on1)Cc1ccccc1)C(=O)[C@@]1(C)CO1. The Bertz CT molecular complexity index is 1530. The van der Waals surface area contributed by atoms with Crippen molar-refractivity contribution in [2.24, 2.45) is 11.8 Å². The van der Waals surface area contributed by atoms with Crippen LogP contribution in [0.25, 0.3) is 0 Å². The first-order valence-corrected chi connectivity index (χ1v) is 16.6. The van der Waals surface area contributed by atoms with E-state index < -0.39 is 35.4 Å². The predicted molar refractivity (Wildman–Crippen MR) is 176 cm³/mol. The maximum absolute atomic E-state index is 14.1. The third-order valence-electron chi connectivity index (χ3n) is 8.71. The van der Waals surface area contributed by atoms with Crippen LogP contribution >= 0.6 is 0 Å². The molecule has 4 heterocycles. The van der Waals surface area contributed by atoms with Gasteiger partial charge < -0.3 is 24.6 Å². The van der Waals surface area contributed by atoms with Crippen LogP contribution in [0.5, 0.6) is 0 Å². The van der Waals surface area contributed by atoms with Crippen molar-refractivity contribution >= 4 is 23.4 Å². The fourth-order valence-corrected chi connectivity index (χ4v) is 5.86. The third-order valence-corrected chi connectivity index (χ3v) is 8.71. The zero-order valence-electron chi connectivity index (χ0n) is 27.9. The number of carbonyl (C=O) groups excluding carboxylic acids is 4. The zero-order chi connectivity index (χ0) is 34.1. The molecular formula is C36H45N5O7. The number of pyridine rings is 1. The Labute approximate surface area is 280 Å². The summed E-state index contributed by atoms with van der Waals surface area (Å²) >= 11 is 0. The van der Waals surface area contributed by atoms with Gasteiger partial charge >= 0.3 is 0 Å². The molecule has 5 rings (SSSR count). The molecule has 2 aromatic heterocycles. The maximum Gasteiger partial charge on any atom is 0.274 e. The summed E-state index contributed by atoms with van der Waals surface area (Å²) in [6.07, 6.45) is 3.99. The van der Waals surface area contributed by atoms with Gasteiger partial charge in [0.2, 0.25) is 5.91 Å². The highest BCUT2D eigenvalue weighted by Gasteiger charge is 2.50. The van der Waals surface area contributed by atoms with Crippen molar-refractivity contribution in [3.05, 3.63) is 83.5 Å². The summed E-state index contributed by atoms with van der Waals surface area (Å²) in [7, 11) is 0. The lowest BCUT2D eigenvalue weighted by Crippen LogP contribution is -2.50. The summed E-state index contributed by atoms with van der Waals surface area (Å²) in [6.45, 7) is 9.27. The van der Waals surface area contributed by atoms with E-state index in [9.17, 15) is 19.2 Å². The summed E-state index contributed by atoms with van der Waals surface area (Å²) in [6, 6.07) is 12.9. The first-order chi connectivity index (χ1) is 23.1. The zero-order valence-corrected chi connectivity index (χ0v) is 27.9. The molecule has 12 nitrogen and oxygen atoms in total. The van der Waals surface area contributed by atoms with Crippen LogP contribution in [0.3, 0.4) is 0 Å². The summed E-state index contributed by atoms with van der Waals surface area (Å²) < 4.78 is 16.2. The molecule has 256 valence electrons. The number of hydrogen-bond donors (Lipinski definition) is 2. The third kappa shape index (κ3) is 9.88. The lowest BCUT2D eigenvalue weighted by atomic mass is 9.88. The molecule has 0 radical (unpaired) electrons. The lowest BCUT2D eigenvalue weighted by Gasteiger charge is -2.25. The quantitative estimate of drug-likeness (QED) is 0.207. The van der Waals surface area contributed by atoms with Gasteiger partial charge in [-0.25, -0.2) is 0 Å². The van der Waals surface area contributed by atoms with E-state index in [0.717, 1.165) is 24.2 Å². The molecule has 12 heteroatoms. The van der Waals surface area contributed by atoms with E-state index >= 15 is 0 Å². The number of rotatable bonds is 17. The molecule has 2 aliphatic rings. The van der Waals surface area contributed by atoms with Gasteiger partial charge in [0.05, 0.1) is 38.4 Å². The van der Waals surface area contributed by atoms with Gasteiger partial charge in [-0.15, -0.1) is 0 Å². The number of epoxide rings is 1. The predicted octanol–water partition coefficient (Wildman–Crippen LogP) is 2.95. The molecule has 4 atom stereocenters. The molecule has 2 aliphatic heterocycles. The number of nitrogens with zero attached hydrogens (tertiary/aromatic N) is 3. The first kappa shape index (κ1) is 35.1. The molecule has 0 unspecified atom stereocenters. The minimum absolute atomic E-state index is 0.0617. The number of ether oxygens (including phenoxy) is 2. The monoisotopic (exact) mass is 659 g/mol. The van der Waals surface area contributed by atoms with Crippen molar-refractivity contribution in [3.8, 4) is 0 Å². The van der Waals surface area contributed by atoms with Crippen LogP contribution in [0.15, 0.2) is 65.4 Å². The number of Topliss-reactive ketones (excluding diaryl/α,β-unsaturated/α-hetero) is 2. The number of amides is 2. The van der Waals surface area contributed by atoms with E-state index in [-0.39, 0.29) is 42.4 Å². The Morgan fingerprint density at radius 2 is 1.69 bits per heavy atom. The van der Waals surface area contributed by atoms with Crippen LogP contribution in [-0.2, 0) is 43.2 Å². The molecular weight excluding hydrogens is 614 g/mol. The fraction of sp³-hybridized carbons (Fsp3) is 0.500. The Kier molecular flexibility index (Phi) is 11.9. The first-order valence-electron chi connectivity index (χ1n) is 16.6. The van der Waals surface area contributed by atoms with E-state index in [1.807, 2.05) is 50.2 Å². The van der Waals surface area contributed by atoms with E-state index in [1.165, 1.54) is 0 Å². The van der Waals surface area contributed by atoms with Crippen LogP contribution in [0.4, 0.5) is 0 Å². The number of ketones is 2. The molecule has 2 amide bonds. The fourth-order valence-electron chi connectivity index (χ4n) is 5.86. The lowest BCUT2D eigenvalue weighted by molar-refractivity contribution is -0.134. The minimum atomic E-state index is -0.973. The second-order valence-corrected chi connectivity index (χ2v) is 13.3. The Hall–Kier alpha value is -4.26. The molecule has 3 aromatic rings. The number of morpholine rings is 1. The van der Waals surface area contributed by atoms with Gasteiger partial charge in [0.1, 0.15) is 5.60 Å². The van der Waals surface area contributed by atoms with Crippen molar-refractivity contribution in [2.45, 2.75) is 70.7 Å². The molecule has 0 aliphatic carbocycles. The molecule has 48 heavy (non-hydrogen) atoms. The van der Waals surface area contributed by atoms with Crippen molar-refractivity contribution in [1.29, 1.82) is 0 Å². The second kappa shape index (κ2) is 16.2. The summed E-state index contributed by atoms with van der Waals surface area (Å²) in [4.78, 5) is 61.1. The highest BCUT2D eigenvalue weighted by atomic mass is 16.6. The van der Waals surface area contributed by atoms with Gasteiger partial charge in [0, 0.05) is 50.3 Å². The highest BCUT2D eigenvalue weighted by Crippen LogP contribution is 2.30. The van der Waals surface area contributed by atoms with Gasteiger partial charge in [-0.05, 0) is 42.9 Å². The average Bonchev–Trinajstić information content (AvgIpc) is 3.66. The number of nitrogens with one attached hydrogen (secondary N) is 2. The van der Waals surface area contributed by atoms with Crippen LogP contribution in [-0.4, -0.2) is 89.0 Å². The summed E-state index contributed by atoms with van der Waals surface area (Å²) in [5, 5.41) is 9.77. The molecule has 0 spiro atoms. The number of benzene rings is 1. The van der Waals surface area contributed by atoms with Gasteiger partial charge in [-0.2, -0.15) is 0 Å². The minimum Gasteiger partial charge on any atom is -0.379 e. The summed E-state index contributed by atoms with van der Waals surface area (Å²) in [5.74, 6) is -1.57. The molecule has 0 saturated carbocycles. The Balaban J connectivity index is 1.33. The standard InChI is InChI=1S/C36H45N5O7/c1-24(2)16-30(33(43)36(3)23-47-36)39-34(44)27(17-25-8-5-4-6-9-25)19-32(42)29(18-26-10-7-11-37-21-26)38-35(45)31-20-28(48-40-31)22-41-12-14-46-15-13-41/h4-11,20-21,24,27,29-30H,12-19,22-23H2,1-3H3,(H,38,45)(H,39,44)/t27-,29+,30+,36-/m1/s1. The van der Waals surface area contributed by atoms with E-state index in [4.69, 9.17) is 14.0 Å². The molecule has 1 aromatic carbocycles. The number of aromatic nitrogens is 2. The van der Waals surface area contributed by atoms with E-state index in [0.29, 0.717) is 38.5 Å². The normalized spacial score (nSPS) is 19.7. The Morgan fingerprint density at radius 1 is 0.958 bits per heavy atom. The largest absolute Gasteiger partial charge is 0.379 e. The Morgan fingerprint density at radius 3 is 2.35 bits per heavy atom. The summed E-state index contributed by atoms with van der Waals surface area (Å²) in [5.41, 5.74) is 0.776. The van der Waals surface area contributed by atoms with Gasteiger partial charge in [-0.3, -0.25) is 29.1 Å². The smallest absolute Gasteiger partial charge is 0.274 e. The van der Waals surface area contributed by atoms with Crippen LogP contribution in [0.2, 0.25) is 0 Å². The molecule has 0 bridgehead atoms. The van der Waals surface area contributed by atoms with E-state index in [2.05, 4.69) is 25.7 Å². The van der Waals surface area contributed by atoms with Crippen molar-refractivity contribution in [2.75, 3.05) is 32.9 Å². The van der Waals surface area contributed by atoms with Crippen LogP contribution in [0.1, 0.15) is 61.0 Å². The molecule has 2 saturated heterocycles. The maximum atomic E-state index is 14.1.